The van der Waals surface area contributed by atoms with Crippen LogP contribution in [0.4, 0.5) is 17.3 Å². The first-order valence-corrected chi connectivity index (χ1v) is 7.78. The van der Waals surface area contributed by atoms with Crippen LogP contribution < -0.4 is 10.2 Å². The van der Waals surface area contributed by atoms with Gasteiger partial charge in [0.25, 0.3) is 0 Å². The van der Waals surface area contributed by atoms with Crippen LogP contribution in [0.2, 0.25) is 0 Å². The first-order chi connectivity index (χ1) is 12.1. The van der Waals surface area contributed by atoms with Crippen LogP contribution in [-0.2, 0) is 9.53 Å². The molecule has 1 aromatic carbocycles. The molecule has 0 saturated carbocycles. The highest BCUT2D eigenvalue weighted by Gasteiger charge is 2.11. The number of carbonyl (C=O) groups excluding carboxylic acids is 1. The monoisotopic (exact) mass is 343 g/mol. The summed E-state index contributed by atoms with van der Waals surface area (Å²) in [5.41, 5.74) is 1.75. The maximum absolute atomic E-state index is 11.9. The van der Waals surface area contributed by atoms with Gasteiger partial charge in [-0.1, -0.05) is 0 Å². The fourth-order valence-electron chi connectivity index (χ4n) is 2.45. The fourth-order valence-corrected chi connectivity index (χ4v) is 2.45. The van der Waals surface area contributed by atoms with Crippen molar-refractivity contribution in [3.8, 4) is 0 Å². The van der Waals surface area contributed by atoms with Crippen molar-refractivity contribution in [1.29, 1.82) is 0 Å². The Balaban J connectivity index is 1.56. The van der Waals surface area contributed by atoms with Crippen LogP contribution in [0.3, 0.4) is 0 Å². The molecule has 1 aliphatic rings. The molecule has 0 unspecified atom stereocenters. The van der Waals surface area contributed by atoms with E-state index in [1.54, 1.807) is 0 Å². The van der Waals surface area contributed by atoms with Gasteiger partial charge in [0.05, 0.1) is 19.3 Å². The molecule has 1 N–H and O–H groups in total. The molecule has 1 fully saturated rings. The zero-order valence-corrected chi connectivity index (χ0v) is 13.4. The lowest BCUT2D eigenvalue weighted by molar-refractivity contribution is -0.402. The van der Waals surface area contributed by atoms with E-state index >= 15 is 0 Å². The van der Waals surface area contributed by atoms with Gasteiger partial charge in [-0.25, -0.2) is 0 Å². The summed E-state index contributed by atoms with van der Waals surface area (Å²) in [5.74, 6) is -0.471. The molecule has 2 heterocycles. The van der Waals surface area contributed by atoms with Gasteiger partial charge in [-0.3, -0.25) is 14.9 Å². The lowest BCUT2D eigenvalue weighted by atomic mass is 10.2. The Morgan fingerprint density at radius 3 is 2.52 bits per heavy atom. The molecular formula is C17H17N3O5. The zero-order valence-electron chi connectivity index (χ0n) is 13.4. The van der Waals surface area contributed by atoms with Gasteiger partial charge >= 0.3 is 5.88 Å². The molecule has 1 amide bonds. The van der Waals surface area contributed by atoms with E-state index < -0.39 is 4.92 Å². The summed E-state index contributed by atoms with van der Waals surface area (Å²) >= 11 is 0. The van der Waals surface area contributed by atoms with E-state index in [1.165, 1.54) is 24.3 Å². The van der Waals surface area contributed by atoms with Crippen LogP contribution in [0.25, 0.3) is 6.08 Å². The Morgan fingerprint density at radius 2 is 1.88 bits per heavy atom. The molecule has 0 atom stereocenters. The minimum absolute atomic E-state index is 0.240. The number of nitrogens with one attached hydrogen (secondary N) is 1. The topological polar surface area (TPSA) is 97.8 Å². The van der Waals surface area contributed by atoms with E-state index in [0.717, 1.165) is 18.8 Å². The van der Waals surface area contributed by atoms with Gasteiger partial charge in [0.1, 0.15) is 10.7 Å². The summed E-state index contributed by atoms with van der Waals surface area (Å²) in [6, 6.07) is 10.2. The fraction of sp³-hybridized carbons (Fsp3) is 0.235. The molecule has 2 aromatic rings. The average Bonchev–Trinajstić information content (AvgIpc) is 3.11. The maximum atomic E-state index is 11.9. The second-order valence-electron chi connectivity index (χ2n) is 5.40. The van der Waals surface area contributed by atoms with Crippen molar-refractivity contribution in [2.75, 3.05) is 36.5 Å². The number of carbonyl (C=O) groups is 1. The molecule has 0 spiro atoms. The molecule has 25 heavy (non-hydrogen) atoms. The number of ether oxygens (including phenoxy) is 1. The SMILES string of the molecule is O=C(C=Cc1ccc([N+](=O)[O-])o1)Nc1ccc(N2CCOCC2)cc1. The molecule has 1 aromatic heterocycles. The number of rotatable bonds is 5. The van der Waals surface area contributed by atoms with Crippen molar-refractivity contribution in [3.05, 3.63) is 58.3 Å². The molecule has 0 radical (unpaired) electrons. The maximum Gasteiger partial charge on any atom is 0.433 e. The second kappa shape index (κ2) is 7.63. The predicted octanol–water partition coefficient (Wildman–Crippen LogP) is 2.68. The summed E-state index contributed by atoms with van der Waals surface area (Å²) in [6.07, 6.45) is 2.64. The summed E-state index contributed by atoms with van der Waals surface area (Å²) in [7, 11) is 0. The smallest absolute Gasteiger partial charge is 0.401 e. The Kier molecular flexibility index (Phi) is 5.10. The molecule has 1 aliphatic heterocycles. The predicted molar refractivity (Wildman–Crippen MR) is 92.5 cm³/mol. The normalized spacial score (nSPS) is 14.6. The van der Waals surface area contributed by atoms with Gasteiger partial charge in [0, 0.05) is 30.5 Å². The summed E-state index contributed by atoms with van der Waals surface area (Å²) in [6.45, 7) is 3.13. The van der Waals surface area contributed by atoms with Gasteiger partial charge in [-0.05, 0) is 36.4 Å². The lowest BCUT2D eigenvalue weighted by Gasteiger charge is -2.28. The minimum Gasteiger partial charge on any atom is -0.401 e. The van der Waals surface area contributed by atoms with Crippen molar-refractivity contribution in [1.82, 2.24) is 0 Å². The average molecular weight is 343 g/mol. The second-order valence-corrected chi connectivity index (χ2v) is 5.40. The standard InChI is InChI=1S/C17H17N3O5/c21-16(7-5-15-6-8-17(25-15)20(22)23)18-13-1-3-14(4-2-13)19-9-11-24-12-10-19/h1-8H,9-12H2,(H,18,21). The minimum atomic E-state index is -0.632. The number of hydrogen-bond donors (Lipinski definition) is 1. The van der Waals surface area contributed by atoms with Crippen molar-refractivity contribution in [2.24, 2.45) is 0 Å². The van der Waals surface area contributed by atoms with Gasteiger partial charge in [0.15, 0.2) is 0 Å². The Hall–Kier alpha value is -3.13. The zero-order chi connectivity index (χ0) is 17.6. The highest BCUT2D eigenvalue weighted by atomic mass is 16.6. The van der Waals surface area contributed by atoms with E-state index in [9.17, 15) is 14.9 Å². The van der Waals surface area contributed by atoms with E-state index in [2.05, 4.69) is 10.2 Å². The number of amides is 1. The van der Waals surface area contributed by atoms with Crippen LogP contribution in [0, 0.1) is 10.1 Å². The number of hydrogen-bond acceptors (Lipinski definition) is 6. The third-order valence-electron chi connectivity index (χ3n) is 3.70. The number of morpholine rings is 1. The molecule has 8 heteroatoms. The molecule has 130 valence electrons. The highest BCUT2D eigenvalue weighted by Crippen LogP contribution is 2.19. The number of benzene rings is 1. The first kappa shape index (κ1) is 16.7. The van der Waals surface area contributed by atoms with Crippen molar-refractivity contribution >= 4 is 29.2 Å². The molecule has 8 nitrogen and oxygen atoms in total. The Bertz CT molecular complexity index is 776. The van der Waals surface area contributed by atoms with Gasteiger partial charge < -0.3 is 19.4 Å². The van der Waals surface area contributed by atoms with Crippen LogP contribution in [0.1, 0.15) is 5.76 Å². The number of nitro groups is 1. The third kappa shape index (κ3) is 4.45. The van der Waals surface area contributed by atoms with E-state index in [0.29, 0.717) is 18.9 Å². The van der Waals surface area contributed by atoms with E-state index in [1.807, 2.05) is 24.3 Å². The number of anilines is 2. The van der Waals surface area contributed by atoms with Crippen LogP contribution in [-0.4, -0.2) is 37.1 Å². The molecular weight excluding hydrogens is 326 g/mol. The highest BCUT2D eigenvalue weighted by molar-refractivity contribution is 6.01. The van der Waals surface area contributed by atoms with Crippen LogP contribution in [0.15, 0.2) is 46.9 Å². The van der Waals surface area contributed by atoms with Gasteiger partial charge in [0.2, 0.25) is 5.91 Å². The Morgan fingerprint density at radius 1 is 1.16 bits per heavy atom. The van der Waals surface area contributed by atoms with Crippen molar-refractivity contribution in [2.45, 2.75) is 0 Å². The molecule has 1 saturated heterocycles. The number of furan rings is 1. The quantitative estimate of drug-likeness (QED) is 0.509. The Labute approximate surface area is 143 Å². The third-order valence-corrected chi connectivity index (χ3v) is 3.70. The van der Waals surface area contributed by atoms with E-state index in [4.69, 9.17) is 9.15 Å². The van der Waals surface area contributed by atoms with Crippen molar-refractivity contribution in [3.63, 3.8) is 0 Å². The van der Waals surface area contributed by atoms with Gasteiger partial charge in [-0.15, -0.1) is 0 Å². The summed E-state index contributed by atoms with van der Waals surface area (Å²) in [5, 5.41) is 13.3. The largest absolute Gasteiger partial charge is 0.433 e. The van der Waals surface area contributed by atoms with Crippen LogP contribution in [0.5, 0.6) is 0 Å². The molecule has 0 aliphatic carbocycles. The molecule has 3 rings (SSSR count). The number of nitrogens with zero attached hydrogens (tertiary/aromatic N) is 2. The lowest BCUT2D eigenvalue weighted by Crippen LogP contribution is -2.36. The first-order valence-electron chi connectivity index (χ1n) is 7.78. The summed E-state index contributed by atoms with van der Waals surface area (Å²) in [4.78, 5) is 24.0. The van der Waals surface area contributed by atoms with Crippen LogP contribution >= 0.6 is 0 Å². The van der Waals surface area contributed by atoms with E-state index in [-0.39, 0.29) is 17.6 Å². The molecule has 0 bridgehead atoms. The summed E-state index contributed by atoms with van der Waals surface area (Å²) < 4.78 is 10.3. The van der Waals surface area contributed by atoms with Gasteiger partial charge in [-0.2, -0.15) is 0 Å². The van der Waals surface area contributed by atoms with Crippen molar-refractivity contribution < 1.29 is 18.9 Å².